The molecule has 1 aliphatic carbocycles. The first-order chi connectivity index (χ1) is 14.4. The quantitative estimate of drug-likeness (QED) is 0.437. The van der Waals surface area contributed by atoms with Crippen LogP contribution >= 0.6 is 23.6 Å². The minimum Gasteiger partial charge on any atom is -0.494 e. The minimum atomic E-state index is -0.475. The lowest BCUT2D eigenvalue weighted by atomic mass is 9.88. The number of primary amides is 1. The van der Waals surface area contributed by atoms with Gasteiger partial charge in [0.25, 0.3) is 11.8 Å². The van der Waals surface area contributed by atoms with Gasteiger partial charge < -0.3 is 15.8 Å². The molecular weight excluding hydrogens is 418 g/mol. The monoisotopic (exact) mass is 445 g/mol. The Labute approximate surface area is 186 Å². The molecule has 3 rings (SSSR count). The number of fused-ring (bicyclic) bond motifs is 1. The zero-order valence-electron chi connectivity index (χ0n) is 17.2. The first-order valence-corrected chi connectivity index (χ1v) is 11.4. The Morgan fingerprint density at radius 3 is 2.70 bits per heavy atom. The van der Waals surface area contributed by atoms with Crippen molar-refractivity contribution < 1.29 is 14.3 Å². The second-order valence-corrected chi connectivity index (χ2v) is 9.07. The molecule has 6 nitrogen and oxygen atoms in total. The van der Waals surface area contributed by atoms with Gasteiger partial charge in [0.15, 0.2) is 5.11 Å². The molecule has 2 aromatic rings. The fraction of sp³-hybridized carbons (Fsp3) is 0.409. The molecule has 1 unspecified atom stereocenters. The molecule has 1 heterocycles. The van der Waals surface area contributed by atoms with Crippen LogP contribution in [0.4, 0.5) is 5.00 Å². The number of nitrogens with one attached hydrogen (secondary N) is 2. The number of thiocarbonyl (C=S) groups is 1. The summed E-state index contributed by atoms with van der Waals surface area (Å²) >= 11 is 6.79. The van der Waals surface area contributed by atoms with E-state index >= 15 is 0 Å². The van der Waals surface area contributed by atoms with Crippen molar-refractivity contribution in [2.75, 3.05) is 11.9 Å². The van der Waals surface area contributed by atoms with Crippen molar-refractivity contribution in [2.24, 2.45) is 11.7 Å². The lowest BCUT2D eigenvalue weighted by molar-refractivity contribution is 0.0975. The molecule has 2 amide bonds. The number of rotatable bonds is 7. The van der Waals surface area contributed by atoms with Crippen molar-refractivity contribution in [3.8, 4) is 5.75 Å². The maximum Gasteiger partial charge on any atom is 0.257 e. The molecule has 0 saturated heterocycles. The first kappa shape index (κ1) is 22.2. The molecule has 1 aliphatic rings. The van der Waals surface area contributed by atoms with Crippen LogP contribution in [-0.4, -0.2) is 23.5 Å². The van der Waals surface area contributed by atoms with Crippen LogP contribution in [0.1, 0.15) is 64.3 Å². The Morgan fingerprint density at radius 1 is 1.30 bits per heavy atom. The summed E-state index contributed by atoms with van der Waals surface area (Å²) in [7, 11) is 0. The number of anilines is 1. The minimum absolute atomic E-state index is 0.136. The summed E-state index contributed by atoms with van der Waals surface area (Å²) in [6, 6.07) is 6.92. The maximum absolute atomic E-state index is 12.5. The van der Waals surface area contributed by atoms with Gasteiger partial charge in [-0.25, -0.2) is 0 Å². The largest absolute Gasteiger partial charge is 0.494 e. The van der Waals surface area contributed by atoms with Crippen molar-refractivity contribution in [3.05, 3.63) is 45.8 Å². The Balaban J connectivity index is 1.64. The molecule has 4 N–H and O–H groups in total. The van der Waals surface area contributed by atoms with E-state index in [0.717, 1.165) is 48.3 Å². The van der Waals surface area contributed by atoms with Gasteiger partial charge in [0.1, 0.15) is 10.8 Å². The fourth-order valence-electron chi connectivity index (χ4n) is 3.45. The van der Waals surface area contributed by atoms with Gasteiger partial charge in [-0.1, -0.05) is 20.3 Å². The van der Waals surface area contributed by atoms with Crippen molar-refractivity contribution in [3.63, 3.8) is 0 Å². The summed E-state index contributed by atoms with van der Waals surface area (Å²) in [6.45, 7) is 4.96. The number of hydrogen-bond acceptors (Lipinski definition) is 5. The number of benzene rings is 1. The molecule has 0 bridgehead atoms. The van der Waals surface area contributed by atoms with Gasteiger partial charge in [-0.3, -0.25) is 14.9 Å². The zero-order valence-corrected chi connectivity index (χ0v) is 18.9. The second kappa shape index (κ2) is 10.0. The molecule has 1 aromatic carbocycles. The van der Waals surface area contributed by atoms with E-state index in [4.69, 9.17) is 22.7 Å². The smallest absolute Gasteiger partial charge is 0.257 e. The van der Waals surface area contributed by atoms with Crippen LogP contribution in [0.3, 0.4) is 0 Å². The Bertz CT molecular complexity index is 938. The van der Waals surface area contributed by atoms with E-state index in [-0.39, 0.29) is 11.0 Å². The van der Waals surface area contributed by atoms with Crippen LogP contribution < -0.4 is 21.1 Å². The summed E-state index contributed by atoms with van der Waals surface area (Å²) in [5.74, 6) is 0.496. The standard InChI is InChI=1S/C22H27N3O3S2/c1-3-4-11-28-15-8-6-14(7-9-15)20(27)24-22(29)25-21-18(19(23)26)16-10-5-13(2)12-17(16)30-21/h6-9,13H,3-5,10-12H2,1-2H3,(H2,23,26)(H2,24,25,27,29). The van der Waals surface area contributed by atoms with Gasteiger partial charge in [-0.2, -0.15) is 0 Å². The summed E-state index contributed by atoms with van der Waals surface area (Å²) in [5.41, 5.74) is 7.60. The molecule has 1 atom stereocenters. The van der Waals surface area contributed by atoms with E-state index in [0.29, 0.717) is 28.7 Å². The number of thiophene rings is 1. The number of nitrogens with two attached hydrogens (primary N) is 1. The molecule has 0 aliphatic heterocycles. The van der Waals surface area contributed by atoms with Gasteiger partial charge in [-0.15, -0.1) is 11.3 Å². The third kappa shape index (κ3) is 5.37. The normalized spacial score (nSPS) is 15.2. The van der Waals surface area contributed by atoms with Crippen molar-refractivity contribution >= 4 is 45.5 Å². The third-order valence-electron chi connectivity index (χ3n) is 5.10. The topological polar surface area (TPSA) is 93.4 Å². The highest BCUT2D eigenvalue weighted by Gasteiger charge is 2.27. The second-order valence-electron chi connectivity index (χ2n) is 7.55. The SMILES string of the molecule is CCCCOc1ccc(C(=O)NC(=S)Nc2sc3c(c2C(N)=O)CCC(C)C3)cc1. The molecule has 8 heteroatoms. The van der Waals surface area contributed by atoms with Crippen LogP contribution in [0.25, 0.3) is 0 Å². The molecule has 160 valence electrons. The average Bonchev–Trinajstić information content (AvgIpc) is 3.05. The highest BCUT2D eigenvalue weighted by atomic mass is 32.1. The van der Waals surface area contributed by atoms with Crippen LogP contribution in [0.15, 0.2) is 24.3 Å². The Kier molecular flexibility index (Phi) is 7.44. The summed E-state index contributed by atoms with van der Waals surface area (Å²) in [4.78, 5) is 25.7. The lowest BCUT2D eigenvalue weighted by Crippen LogP contribution is -2.34. The van der Waals surface area contributed by atoms with Crippen molar-refractivity contribution in [1.29, 1.82) is 0 Å². The summed E-state index contributed by atoms with van der Waals surface area (Å²) in [5, 5.41) is 6.41. The number of unbranched alkanes of at least 4 members (excludes halogenated alkanes) is 1. The predicted molar refractivity (Wildman–Crippen MR) is 125 cm³/mol. The van der Waals surface area contributed by atoms with Gasteiger partial charge in [0, 0.05) is 10.4 Å². The van der Waals surface area contributed by atoms with E-state index in [9.17, 15) is 9.59 Å². The molecule has 0 radical (unpaired) electrons. The zero-order chi connectivity index (χ0) is 21.7. The Hall–Kier alpha value is -2.45. The molecule has 0 saturated carbocycles. The van der Waals surface area contributed by atoms with Crippen LogP contribution in [-0.2, 0) is 12.8 Å². The van der Waals surface area contributed by atoms with E-state index in [1.165, 1.54) is 11.3 Å². The van der Waals surface area contributed by atoms with Gasteiger partial charge in [-0.05, 0) is 73.6 Å². The molecule has 1 aromatic heterocycles. The number of ether oxygens (including phenoxy) is 1. The van der Waals surface area contributed by atoms with E-state index in [1.54, 1.807) is 24.3 Å². The first-order valence-electron chi connectivity index (χ1n) is 10.2. The molecule has 0 spiro atoms. The average molecular weight is 446 g/mol. The van der Waals surface area contributed by atoms with Gasteiger partial charge in [0.05, 0.1) is 12.2 Å². The van der Waals surface area contributed by atoms with Gasteiger partial charge >= 0.3 is 0 Å². The van der Waals surface area contributed by atoms with E-state index in [2.05, 4.69) is 24.5 Å². The molecule has 30 heavy (non-hydrogen) atoms. The van der Waals surface area contributed by atoms with E-state index in [1.807, 2.05) is 0 Å². The number of amides is 2. The number of carbonyl (C=O) groups is 2. The summed E-state index contributed by atoms with van der Waals surface area (Å²) < 4.78 is 5.61. The maximum atomic E-state index is 12.5. The lowest BCUT2D eigenvalue weighted by Gasteiger charge is -2.18. The number of carbonyl (C=O) groups excluding carboxylic acids is 2. The number of hydrogen-bond donors (Lipinski definition) is 3. The van der Waals surface area contributed by atoms with E-state index < -0.39 is 5.91 Å². The van der Waals surface area contributed by atoms with Crippen LogP contribution in [0.2, 0.25) is 0 Å². The van der Waals surface area contributed by atoms with Gasteiger partial charge in [0.2, 0.25) is 0 Å². The molecular formula is C22H27N3O3S2. The molecule has 0 fully saturated rings. The fourth-order valence-corrected chi connectivity index (χ4v) is 5.13. The summed E-state index contributed by atoms with van der Waals surface area (Å²) in [6.07, 6.45) is 4.84. The van der Waals surface area contributed by atoms with Crippen LogP contribution in [0.5, 0.6) is 5.75 Å². The van der Waals surface area contributed by atoms with Crippen molar-refractivity contribution in [1.82, 2.24) is 5.32 Å². The Morgan fingerprint density at radius 2 is 2.03 bits per heavy atom. The van der Waals surface area contributed by atoms with Crippen LogP contribution in [0, 0.1) is 5.92 Å². The third-order valence-corrected chi connectivity index (χ3v) is 6.47. The highest BCUT2D eigenvalue weighted by Crippen LogP contribution is 2.39. The highest BCUT2D eigenvalue weighted by molar-refractivity contribution is 7.80. The van der Waals surface area contributed by atoms with Crippen molar-refractivity contribution in [2.45, 2.75) is 46.0 Å². The predicted octanol–water partition coefficient (Wildman–Crippen LogP) is 4.28.